The zero-order valence-corrected chi connectivity index (χ0v) is 10.9. The Kier molecular flexibility index (Phi) is 3.88. The average Bonchev–Trinajstić information content (AvgIpc) is 2.86. The molecule has 112 valence electrons. The van der Waals surface area contributed by atoms with E-state index in [1.807, 2.05) is 0 Å². The van der Waals surface area contributed by atoms with Gasteiger partial charge in [0.25, 0.3) is 0 Å². The molecule has 0 aliphatic carbocycles. The third-order valence-corrected chi connectivity index (χ3v) is 2.80. The first-order valence-corrected chi connectivity index (χ1v) is 5.81. The molecule has 0 atom stereocenters. The molecule has 0 amide bonds. The second-order valence-electron chi connectivity index (χ2n) is 4.26. The number of methoxy groups -OCH3 is 1. The molecule has 1 N–H and O–H groups in total. The number of aromatic carboxylic acids is 1. The predicted octanol–water partition coefficient (Wildman–Crippen LogP) is 2.66. The number of nitrogens with zero attached hydrogens (tertiary/aromatic N) is 2. The summed E-state index contributed by atoms with van der Waals surface area (Å²) in [5.41, 5.74) is -0.275. The van der Waals surface area contributed by atoms with Gasteiger partial charge in [-0.25, -0.2) is 4.79 Å². The first-order chi connectivity index (χ1) is 9.81. The van der Waals surface area contributed by atoms with E-state index in [1.165, 1.54) is 25.3 Å². The van der Waals surface area contributed by atoms with E-state index in [1.54, 1.807) is 0 Å². The van der Waals surface area contributed by atoms with Crippen LogP contribution in [0.15, 0.2) is 30.6 Å². The summed E-state index contributed by atoms with van der Waals surface area (Å²) in [7, 11) is 1.32. The van der Waals surface area contributed by atoms with Crippen molar-refractivity contribution in [2.75, 3.05) is 7.11 Å². The second-order valence-corrected chi connectivity index (χ2v) is 4.26. The molecule has 0 bridgehead atoms. The molecule has 5 nitrogen and oxygen atoms in total. The number of hydrogen-bond acceptors (Lipinski definition) is 3. The Morgan fingerprint density at radius 3 is 2.67 bits per heavy atom. The standard InChI is InChI=1S/C13H11F3N2O3/c1-21-11-4-8(2-3-10(11)12(19)20)6-18-7-9(5-17-18)13(14,15)16/h2-5,7H,6H2,1H3,(H,19,20). The molecule has 8 heteroatoms. The van der Waals surface area contributed by atoms with Crippen LogP contribution in [0.25, 0.3) is 0 Å². The number of hydrogen-bond donors (Lipinski definition) is 1. The summed E-state index contributed by atoms with van der Waals surface area (Å²) < 4.78 is 43.5. The molecule has 0 fully saturated rings. The van der Waals surface area contributed by atoms with Crippen LogP contribution >= 0.6 is 0 Å². The van der Waals surface area contributed by atoms with Crippen molar-refractivity contribution in [3.05, 3.63) is 47.3 Å². The fourth-order valence-corrected chi connectivity index (χ4v) is 1.79. The fourth-order valence-electron chi connectivity index (χ4n) is 1.79. The van der Waals surface area contributed by atoms with E-state index < -0.39 is 17.7 Å². The number of rotatable bonds is 4. The summed E-state index contributed by atoms with van der Waals surface area (Å²) in [6.07, 6.45) is -2.82. The van der Waals surface area contributed by atoms with Gasteiger partial charge in [-0.1, -0.05) is 6.07 Å². The van der Waals surface area contributed by atoms with Gasteiger partial charge in [-0.05, 0) is 17.7 Å². The third-order valence-electron chi connectivity index (χ3n) is 2.80. The molecule has 0 aliphatic heterocycles. The Balaban J connectivity index is 2.24. The number of halogens is 3. The maximum atomic E-state index is 12.5. The van der Waals surface area contributed by atoms with Crippen LogP contribution in [-0.4, -0.2) is 28.0 Å². The molecule has 0 unspecified atom stereocenters. The summed E-state index contributed by atoms with van der Waals surface area (Å²) in [6, 6.07) is 4.30. The predicted molar refractivity (Wildman–Crippen MR) is 66.3 cm³/mol. The van der Waals surface area contributed by atoms with Crippen LogP contribution in [-0.2, 0) is 12.7 Å². The van der Waals surface area contributed by atoms with Crippen LogP contribution in [0.4, 0.5) is 13.2 Å². The van der Waals surface area contributed by atoms with Crippen molar-refractivity contribution in [2.45, 2.75) is 12.7 Å². The van der Waals surface area contributed by atoms with Crippen LogP contribution in [0, 0.1) is 0 Å². The Morgan fingerprint density at radius 2 is 2.14 bits per heavy atom. The maximum Gasteiger partial charge on any atom is 0.419 e. The maximum absolute atomic E-state index is 12.5. The summed E-state index contributed by atoms with van der Waals surface area (Å²) in [5, 5.41) is 12.6. The smallest absolute Gasteiger partial charge is 0.419 e. The van der Waals surface area contributed by atoms with E-state index >= 15 is 0 Å². The lowest BCUT2D eigenvalue weighted by Crippen LogP contribution is -2.05. The van der Waals surface area contributed by atoms with Gasteiger partial charge in [-0.3, -0.25) is 4.68 Å². The number of alkyl halides is 3. The molecule has 21 heavy (non-hydrogen) atoms. The zero-order chi connectivity index (χ0) is 15.6. The van der Waals surface area contributed by atoms with Crippen LogP contribution in [0.2, 0.25) is 0 Å². The van der Waals surface area contributed by atoms with E-state index in [9.17, 15) is 18.0 Å². The zero-order valence-electron chi connectivity index (χ0n) is 10.9. The largest absolute Gasteiger partial charge is 0.496 e. The Bertz CT molecular complexity index is 665. The molecule has 0 saturated heterocycles. The number of benzene rings is 1. The van der Waals surface area contributed by atoms with E-state index in [-0.39, 0.29) is 17.9 Å². The minimum atomic E-state index is -4.44. The van der Waals surface area contributed by atoms with Gasteiger partial charge in [0, 0.05) is 6.20 Å². The SMILES string of the molecule is COc1cc(Cn2cc(C(F)(F)F)cn2)ccc1C(=O)O. The Labute approximate surface area is 117 Å². The Morgan fingerprint density at radius 1 is 1.43 bits per heavy atom. The van der Waals surface area contributed by atoms with Crippen molar-refractivity contribution in [1.29, 1.82) is 0 Å². The summed E-state index contributed by atoms with van der Waals surface area (Å²) in [5.74, 6) is -1.000. The van der Waals surface area contributed by atoms with Crippen LogP contribution in [0.3, 0.4) is 0 Å². The van der Waals surface area contributed by atoms with Crippen molar-refractivity contribution in [3.8, 4) is 5.75 Å². The van der Waals surface area contributed by atoms with Gasteiger partial charge in [0.1, 0.15) is 11.3 Å². The average molecular weight is 300 g/mol. The van der Waals surface area contributed by atoms with Gasteiger partial charge in [-0.15, -0.1) is 0 Å². The van der Waals surface area contributed by atoms with Crippen molar-refractivity contribution in [2.24, 2.45) is 0 Å². The molecular weight excluding hydrogens is 289 g/mol. The van der Waals surface area contributed by atoms with E-state index in [0.29, 0.717) is 5.56 Å². The van der Waals surface area contributed by atoms with Gasteiger partial charge in [-0.2, -0.15) is 18.3 Å². The Hall–Kier alpha value is -2.51. The highest BCUT2D eigenvalue weighted by atomic mass is 19.4. The monoisotopic (exact) mass is 300 g/mol. The van der Waals surface area contributed by atoms with Gasteiger partial charge < -0.3 is 9.84 Å². The molecule has 0 saturated carbocycles. The molecular formula is C13H11F3N2O3. The van der Waals surface area contributed by atoms with Crippen molar-refractivity contribution >= 4 is 5.97 Å². The molecule has 1 aromatic heterocycles. The summed E-state index contributed by atoms with van der Waals surface area (Å²) >= 11 is 0. The quantitative estimate of drug-likeness (QED) is 0.943. The number of aromatic nitrogens is 2. The van der Waals surface area contributed by atoms with Crippen LogP contribution in [0.5, 0.6) is 5.75 Å². The molecule has 2 aromatic rings. The number of carbonyl (C=O) groups is 1. The lowest BCUT2D eigenvalue weighted by atomic mass is 10.1. The summed E-state index contributed by atoms with van der Waals surface area (Å²) in [6.45, 7) is 0.0757. The topological polar surface area (TPSA) is 64.4 Å². The molecule has 0 spiro atoms. The van der Waals surface area contributed by atoms with Crippen molar-refractivity contribution < 1.29 is 27.8 Å². The number of ether oxygens (including phenoxy) is 1. The van der Waals surface area contributed by atoms with Crippen LogP contribution in [0.1, 0.15) is 21.5 Å². The van der Waals surface area contributed by atoms with Gasteiger partial charge >= 0.3 is 12.1 Å². The molecule has 0 aliphatic rings. The highest BCUT2D eigenvalue weighted by Gasteiger charge is 2.32. The lowest BCUT2D eigenvalue weighted by Gasteiger charge is -2.08. The highest BCUT2D eigenvalue weighted by Crippen LogP contribution is 2.28. The lowest BCUT2D eigenvalue weighted by molar-refractivity contribution is -0.137. The first-order valence-electron chi connectivity index (χ1n) is 5.81. The number of carboxylic acids is 1. The molecule has 1 aromatic carbocycles. The van der Waals surface area contributed by atoms with Gasteiger partial charge in [0.15, 0.2) is 0 Å². The van der Waals surface area contributed by atoms with Crippen molar-refractivity contribution in [1.82, 2.24) is 9.78 Å². The molecule has 1 heterocycles. The third kappa shape index (κ3) is 3.33. The van der Waals surface area contributed by atoms with Crippen molar-refractivity contribution in [3.63, 3.8) is 0 Å². The highest BCUT2D eigenvalue weighted by molar-refractivity contribution is 5.90. The summed E-state index contributed by atoms with van der Waals surface area (Å²) in [4.78, 5) is 10.9. The minimum Gasteiger partial charge on any atom is -0.496 e. The second kappa shape index (κ2) is 5.47. The van der Waals surface area contributed by atoms with E-state index in [2.05, 4.69) is 5.10 Å². The first kappa shape index (κ1) is 14.9. The van der Waals surface area contributed by atoms with Gasteiger partial charge in [0.05, 0.1) is 25.4 Å². The number of carboxylic acid groups (broad SMARTS) is 1. The molecule has 0 radical (unpaired) electrons. The normalized spacial score (nSPS) is 11.4. The minimum absolute atomic E-state index is 0.0160. The van der Waals surface area contributed by atoms with Gasteiger partial charge in [0.2, 0.25) is 0 Å². The fraction of sp³-hybridized carbons (Fsp3) is 0.231. The van der Waals surface area contributed by atoms with Crippen LogP contribution < -0.4 is 4.74 Å². The van der Waals surface area contributed by atoms with E-state index in [4.69, 9.17) is 9.84 Å². The molecule has 2 rings (SSSR count). The van der Waals surface area contributed by atoms with E-state index in [0.717, 1.165) is 17.1 Å².